The Hall–Kier alpha value is -5.46. The third-order valence-electron chi connectivity index (χ3n) is 9.08. The third kappa shape index (κ3) is 41.5. The van der Waals surface area contributed by atoms with Crippen LogP contribution in [0.3, 0.4) is 0 Å². The Morgan fingerprint density at radius 3 is 0.586 bits per heavy atom. The highest BCUT2D eigenvalue weighted by atomic mass is 16.6. The Kier molecular flexibility index (Phi) is 30.6. The van der Waals surface area contributed by atoms with Crippen LogP contribution in [0.4, 0.5) is 0 Å². The molecular formula is C46H82N4O20+4. The quantitative estimate of drug-likeness (QED) is 0.0446. The zero-order chi connectivity index (χ0) is 53.6. The average Bonchev–Trinajstić information content (AvgIpc) is 3.22. The van der Waals surface area contributed by atoms with Gasteiger partial charge < -0.3 is 65.3 Å². The summed E-state index contributed by atoms with van der Waals surface area (Å²) in [4.78, 5) is 124. The second kappa shape index (κ2) is 33.2. The molecule has 0 aromatic rings. The number of esters is 10. The molecule has 0 atom stereocenters. The van der Waals surface area contributed by atoms with Crippen LogP contribution in [0, 0.1) is 0 Å². The number of hydrogen-bond donors (Lipinski definition) is 0. The highest BCUT2D eigenvalue weighted by Gasteiger charge is 2.25. The van der Waals surface area contributed by atoms with Crippen molar-refractivity contribution >= 4 is 59.7 Å². The molecule has 24 heteroatoms. The van der Waals surface area contributed by atoms with Crippen molar-refractivity contribution in [1.82, 2.24) is 0 Å². The van der Waals surface area contributed by atoms with Gasteiger partial charge in [0.1, 0.15) is 79.0 Å². The molecule has 24 nitrogen and oxygen atoms in total. The number of quaternary nitrogens is 4. The van der Waals surface area contributed by atoms with Gasteiger partial charge in [0.25, 0.3) is 0 Å². The molecule has 0 bridgehead atoms. The second-order valence-corrected chi connectivity index (χ2v) is 20.4. The first-order valence-corrected chi connectivity index (χ1v) is 23.2. The van der Waals surface area contributed by atoms with E-state index >= 15 is 0 Å². The van der Waals surface area contributed by atoms with Crippen LogP contribution in [0.2, 0.25) is 0 Å². The maximum atomic E-state index is 13.0. The summed E-state index contributed by atoms with van der Waals surface area (Å²) in [6, 6.07) is 0. The molecule has 402 valence electrons. The maximum absolute atomic E-state index is 13.0. The van der Waals surface area contributed by atoms with Crippen LogP contribution < -0.4 is 0 Å². The van der Waals surface area contributed by atoms with Crippen LogP contribution in [-0.4, -0.2) is 253 Å². The lowest BCUT2D eigenvalue weighted by molar-refractivity contribution is -0.870. The van der Waals surface area contributed by atoms with Crippen LogP contribution in [0.25, 0.3) is 0 Å². The first-order chi connectivity index (χ1) is 32.3. The van der Waals surface area contributed by atoms with E-state index in [1.165, 1.54) is 0 Å². The maximum Gasteiger partial charge on any atom is 0.306 e. The number of rotatable bonds is 37. The number of hydrogen-bond acceptors (Lipinski definition) is 20. The molecule has 0 saturated carbocycles. The summed E-state index contributed by atoms with van der Waals surface area (Å²) in [5.41, 5.74) is 0. The van der Waals surface area contributed by atoms with Gasteiger partial charge in [-0.05, 0) is 0 Å². The minimum Gasteiger partial charge on any atom is -0.462 e. The molecule has 0 unspecified atom stereocenters. The fourth-order valence-corrected chi connectivity index (χ4v) is 4.80. The zero-order valence-corrected chi connectivity index (χ0v) is 43.7. The van der Waals surface area contributed by atoms with Crippen LogP contribution in [0.5, 0.6) is 0 Å². The van der Waals surface area contributed by atoms with Gasteiger partial charge in [-0.15, -0.1) is 0 Å². The van der Waals surface area contributed by atoms with Crippen molar-refractivity contribution in [2.75, 3.05) is 164 Å². The van der Waals surface area contributed by atoms with E-state index in [9.17, 15) is 47.9 Å². The Labute approximate surface area is 412 Å². The smallest absolute Gasteiger partial charge is 0.306 e. The van der Waals surface area contributed by atoms with Crippen molar-refractivity contribution in [3.05, 3.63) is 0 Å². The summed E-state index contributed by atoms with van der Waals surface area (Å²) in [5.74, 6) is -7.97. The van der Waals surface area contributed by atoms with Crippen molar-refractivity contribution in [3.8, 4) is 0 Å². The van der Waals surface area contributed by atoms with E-state index in [1.807, 2.05) is 84.6 Å². The van der Waals surface area contributed by atoms with Crippen molar-refractivity contribution in [2.45, 2.75) is 76.4 Å². The SMILES string of the molecule is C[N+](C)(C)CCOC(=O)CCC(=O)OCC(COC(=O)CCC(=O)OCC[N+](C)(C)C)OC(=O)CCC(=O)OC(COC(=O)CCC(=O)OCC[N+](C)(C)C)COC(=O)CCC(=O)OCC[N+](C)(C)C. The monoisotopic (exact) mass is 1010 g/mol. The number of likely N-dealkylation sites (N-methyl/N-ethyl adjacent to an activating group) is 4. The standard InChI is InChI=1S/C46H82N4O20/c1-47(2,3)23-27-61-37(51)13-17-41(55)65-31-35(32-66-42(56)18-14-38(52)62-28-24-48(4,5)6)69-45(59)21-22-46(60)70-36(33-67-43(57)19-15-39(53)63-29-25-49(7,8)9)34-68-44(58)20-16-40(54)64-30-26-50(10,11)12/h35-36H,13-34H2,1-12H3/q+4. The van der Waals surface area contributed by atoms with Crippen LogP contribution in [-0.2, 0) is 95.3 Å². The molecule has 0 aliphatic rings. The third-order valence-corrected chi connectivity index (χ3v) is 9.08. The minimum atomic E-state index is -1.39. The van der Waals surface area contributed by atoms with Crippen LogP contribution >= 0.6 is 0 Å². The lowest BCUT2D eigenvalue weighted by atomic mass is 10.3. The predicted molar refractivity (Wildman–Crippen MR) is 245 cm³/mol. The fraction of sp³-hybridized carbons (Fsp3) is 0.783. The molecule has 0 radical (unpaired) electrons. The number of ether oxygens (including phenoxy) is 10. The van der Waals surface area contributed by atoms with Crippen LogP contribution in [0.1, 0.15) is 64.2 Å². The molecule has 0 rings (SSSR count). The fourth-order valence-electron chi connectivity index (χ4n) is 4.80. The van der Waals surface area contributed by atoms with E-state index in [0.29, 0.717) is 44.1 Å². The Bertz CT molecular complexity index is 1470. The van der Waals surface area contributed by atoms with E-state index in [1.54, 1.807) is 0 Å². The van der Waals surface area contributed by atoms with Gasteiger partial charge in [0.05, 0.1) is 149 Å². The van der Waals surface area contributed by atoms with Gasteiger partial charge in [-0.2, -0.15) is 0 Å². The van der Waals surface area contributed by atoms with Crippen molar-refractivity contribution in [2.24, 2.45) is 0 Å². The summed E-state index contributed by atoms with van der Waals surface area (Å²) in [7, 11) is 23.0. The molecule has 0 amide bonds. The van der Waals surface area contributed by atoms with Crippen molar-refractivity contribution in [3.63, 3.8) is 0 Å². The van der Waals surface area contributed by atoms with E-state index < -0.39 is 111 Å². The summed E-state index contributed by atoms with van der Waals surface area (Å²) >= 11 is 0. The van der Waals surface area contributed by atoms with Crippen LogP contribution in [0.15, 0.2) is 0 Å². The lowest BCUT2D eigenvalue weighted by Gasteiger charge is -2.23. The Morgan fingerprint density at radius 1 is 0.257 bits per heavy atom. The average molecular weight is 1010 g/mol. The van der Waals surface area contributed by atoms with Gasteiger partial charge in [0.2, 0.25) is 0 Å². The highest BCUT2D eigenvalue weighted by Crippen LogP contribution is 2.09. The molecule has 0 spiro atoms. The predicted octanol–water partition coefficient (Wildman–Crippen LogP) is -0.119. The van der Waals surface area contributed by atoms with E-state index in [0.717, 1.165) is 0 Å². The summed E-state index contributed by atoms with van der Waals surface area (Å²) in [6.45, 7) is 0.243. The normalized spacial score (nSPS) is 11.8. The molecule has 70 heavy (non-hydrogen) atoms. The second-order valence-electron chi connectivity index (χ2n) is 20.4. The molecule has 0 heterocycles. The Morgan fingerprint density at radius 2 is 0.414 bits per heavy atom. The summed E-state index contributed by atoms with van der Waals surface area (Å²) in [5, 5.41) is 0. The summed E-state index contributed by atoms with van der Waals surface area (Å²) < 4.78 is 54.2. The lowest BCUT2D eigenvalue weighted by Crippen LogP contribution is -2.38. The molecule has 0 fully saturated rings. The minimum absolute atomic E-state index is 0.137. The molecule has 0 aromatic heterocycles. The molecule has 0 aromatic carbocycles. The van der Waals surface area contributed by atoms with Crippen molar-refractivity contribution < 1.29 is 113 Å². The Balaban J connectivity index is 5.59. The van der Waals surface area contributed by atoms with E-state index in [4.69, 9.17) is 47.4 Å². The highest BCUT2D eigenvalue weighted by molar-refractivity contribution is 5.80. The first kappa shape index (κ1) is 64.5. The first-order valence-electron chi connectivity index (χ1n) is 23.2. The van der Waals surface area contributed by atoms with Gasteiger partial charge in [-0.3, -0.25) is 47.9 Å². The van der Waals surface area contributed by atoms with Gasteiger partial charge in [0, 0.05) is 0 Å². The van der Waals surface area contributed by atoms with Crippen molar-refractivity contribution in [1.29, 1.82) is 0 Å². The number of carbonyl (C=O) groups is 10. The molecular weight excluding hydrogens is 929 g/mol. The molecule has 0 N–H and O–H groups in total. The van der Waals surface area contributed by atoms with E-state index in [-0.39, 0.29) is 77.8 Å². The van der Waals surface area contributed by atoms with Gasteiger partial charge >= 0.3 is 59.7 Å². The largest absolute Gasteiger partial charge is 0.462 e. The summed E-state index contributed by atoms with van der Waals surface area (Å²) in [6.07, 6.45) is -6.66. The van der Waals surface area contributed by atoms with E-state index in [2.05, 4.69) is 0 Å². The topological polar surface area (TPSA) is 263 Å². The van der Waals surface area contributed by atoms with Gasteiger partial charge in [-0.1, -0.05) is 0 Å². The van der Waals surface area contributed by atoms with Gasteiger partial charge in [0.15, 0.2) is 12.2 Å². The van der Waals surface area contributed by atoms with Gasteiger partial charge in [-0.25, -0.2) is 0 Å². The zero-order valence-electron chi connectivity index (χ0n) is 43.7. The molecule has 0 saturated heterocycles. The number of carbonyl (C=O) groups excluding carboxylic acids is 10. The number of nitrogens with zero attached hydrogens (tertiary/aromatic N) is 4. The molecule has 0 aliphatic carbocycles. The molecule has 0 aliphatic heterocycles.